The van der Waals surface area contributed by atoms with Gasteiger partial charge in [-0.05, 0) is 44.4 Å². The number of benzene rings is 2. The summed E-state index contributed by atoms with van der Waals surface area (Å²) < 4.78 is 1.85. The van der Waals surface area contributed by atoms with Crippen molar-refractivity contribution in [1.29, 1.82) is 0 Å². The Morgan fingerprint density at radius 3 is 2.42 bits per heavy atom. The van der Waals surface area contributed by atoms with Gasteiger partial charge in [-0.25, -0.2) is 4.68 Å². The molecule has 6 nitrogen and oxygen atoms in total. The summed E-state index contributed by atoms with van der Waals surface area (Å²) in [6.07, 6.45) is 1.99. The lowest BCUT2D eigenvalue weighted by molar-refractivity contribution is -0.133. The van der Waals surface area contributed by atoms with Crippen LogP contribution in [0.5, 0.6) is 0 Å². The molecule has 1 aliphatic rings. The molecule has 0 saturated carbocycles. The Balaban J connectivity index is 1.43. The van der Waals surface area contributed by atoms with Crippen LogP contribution in [0.3, 0.4) is 0 Å². The third-order valence-corrected chi connectivity index (χ3v) is 5.88. The van der Waals surface area contributed by atoms with Crippen LogP contribution in [0.1, 0.15) is 29.8 Å². The summed E-state index contributed by atoms with van der Waals surface area (Å²) in [5.41, 5.74) is 4.38. The van der Waals surface area contributed by atoms with Gasteiger partial charge in [-0.3, -0.25) is 9.59 Å². The van der Waals surface area contributed by atoms with E-state index in [1.165, 1.54) is 0 Å². The molecule has 6 heteroatoms. The van der Waals surface area contributed by atoms with E-state index in [4.69, 9.17) is 0 Å². The van der Waals surface area contributed by atoms with Crippen molar-refractivity contribution < 1.29 is 9.59 Å². The van der Waals surface area contributed by atoms with Crippen LogP contribution in [0.2, 0.25) is 0 Å². The summed E-state index contributed by atoms with van der Waals surface area (Å²) in [4.78, 5) is 27.6. The molecule has 2 aromatic carbocycles. The first-order chi connectivity index (χ1) is 15.0. The summed E-state index contributed by atoms with van der Waals surface area (Å²) in [5, 5.41) is 7.69. The molecule has 0 aliphatic carbocycles. The van der Waals surface area contributed by atoms with Gasteiger partial charge >= 0.3 is 0 Å². The van der Waals surface area contributed by atoms with Crippen molar-refractivity contribution in [1.82, 2.24) is 14.7 Å². The van der Waals surface area contributed by atoms with Crippen molar-refractivity contribution in [2.45, 2.75) is 33.1 Å². The molecule has 1 N–H and O–H groups in total. The van der Waals surface area contributed by atoms with Crippen LogP contribution in [-0.2, 0) is 16.0 Å². The number of hydrogen-bond donors (Lipinski definition) is 1. The van der Waals surface area contributed by atoms with Crippen LogP contribution in [0, 0.1) is 19.8 Å². The van der Waals surface area contributed by atoms with Crippen LogP contribution in [-0.4, -0.2) is 39.6 Å². The number of carbonyl (C=O) groups excluding carboxylic acids is 2. The molecule has 1 aromatic heterocycles. The maximum absolute atomic E-state index is 13.1. The minimum absolute atomic E-state index is 0.0453. The van der Waals surface area contributed by atoms with E-state index < -0.39 is 0 Å². The Morgan fingerprint density at radius 1 is 1.03 bits per heavy atom. The first kappa shape index (κ1) is 20.8. The van der Waals surface area contributed by atoms with Gasteiger partial charge in [0.05, 0.1) is 35.1 Å². The lowest BCUT2D eigenvalue weighted by atomic mass is 9.96. The predicted molar refractivity (Wildman–Crippen MR) is 121 cm³/mol. The number of para-hydroxylation sites is 1. The third-order valence-electron chi connectivity index (χ3n) is 5.88. The molecule has 1 saturated heterocycles. The second kappa shape index (κ2) is 9.16. The predicted octanol–water partition coefficient (Wildman–Crippen LogP) is 3.91. The summed E-state index contributed by atoms with van der Waals surface area (Å²) in [6.45, 7) is 5.03. The van der Waals surface area contributed by atoms with Crippen molar-refractivity contribution >= 4 is 17.5 Å². The van der Waals surface area contributed by atoms with Gasteiger partial charge in [0.15, 0.2) is 0 Å². The normalized spacial score (nSPS) is 16.2. The highest BCUT2D eigenvalue weighted by Gasteiger charge is 2.29. The molecule has 3 aromatic rings. The molecule has 31 heavy (non-hydrogen) atoms. The summed E-state index contributed by atoms with van der Waals surface area (Å²) in [7, 11) is 0. The zero-order valence-electron chi connectivity index (χ0n) is 18.0. The molecule has 1 atom stereocenters. The van der Waals surface area contributed by atoms with Gasteiger partial charge in [-0.15, -0.1) is 0 Å². The molecule has 1 fully saturated rings. The quantitative estimate of drug-likeness (QED) is 0.686. The molecule has 0 radical (unpaired) electrons. The summed E-state index contributed by atoms with van der Waals surface area (Å²) >= 11 is 0. The van der Waals surface area contributed by atoms with Crippen molar-refractivity contribution in [3.05, 3.63) is 77.6 Å². The minimum atomic E-state index is -0.215. The van der Waals surface area contributed by atoms with E-state index >= 15 is 0 Å². The highest BCUT2D eigenvalue weighted by atomic mass is 16.2. The van der Waals surface area contributed by atoms with Crippen LogP contribution in [0.15, 0.2) is 60.7 Å². The van der Waals surface area contributed by atoms with E-state index in [-0.39, 0.29) is 17.7 Å². The van der Waals surface area contributed by atoms with Crippen molar-refractivity contribution in [2.75, 3.05) is 18.4 Å². The van der Waals surface area contributed by atoms with E-state index in [1.807, 2.05) is 84.1 Å². The second-order valence-electron chi connectivity index (χ2n) is 8.12. The molecule has 4 rings (SSSR count). The fourth-order valence-corrected chi connectivity index (χ4v) is 4.17. The molecule has 0 unspecified atom stereocenters. The number of nitrogens with zero attached hydrogens (tertiary/aromatic N) is 3. The van der Waals surface area contributed by atoms with Crippen molar-refractivity contribution in [3.8, 4) is 5.69 Å². The molecule has 0 spiro atoms. The molecule has 1 aliphatic heterocycles. The third kappa shape index (κ3) is 4.68. The van der Waals surface area contributed by atoms with Crippen LogP contribution >= 0.6 is 0 Å². The first-order valence-corrected chi connectivity index (χ1v) is 10.8. The highest BCUT2D eigenvalue weighted by molar-refractivity contribution is 5.94. The highest BCUT2D eigenvalue weighted by Crippen LogP contribution is 2.25. The number of aryl methyl sites for hydroxylation is 1. The average molecular weight is 417 g/mol. The van der Waals surface area contributed by atoms with Crippen LogP contribution < -0.4 is 5.32 Å². The number of hydrogen-bond acceptors (Lipinski definition) is 3. The number of amides is 2. The van der Waals surface area contributed by atoms with Gasteiger partial charge in [0.1, 0.15) is 0 Å². The molecular weight excluding hydrogens is 388 g/mol. The molecule has 0 bridgehead atoms. The monoisotopic (exact) mass is 416 g/mol. The number of likely N-dealkylation sites (tertiary alicyclic amines) is 1. The van der Waals surface area contributed by atoms with E-state index in [9.17, 15) is 9.59 Å². The van der Waals surface area contributed by atoms with E-state index in [0.29, 0.717) is 19.5 Å². The minimum Gasteiger partial charge on any atom is -0.342 e. The van der Waals surface area contributed by atoms with Crippen molar-refractivity contribution in [2.24, 2.45) is 5.92 Å². The Labute approximate surface area is 182 Å². The standard InChI is InChI=1S/C25H28N4O2/c1-18-24(19(2)29(27-18)22-13-7-4-8-14-22)26-25(31)21-12-9-15-28(17-21)23(30)16-20-10-5-3-6-11-20/h3-8,10-11,13-14,21H,9,12,15-17H2,1-2H3,(H,26,31)/t21-/m1/s1. The lowest BCUT2D eigenvalue weighted by Crippen LogP contribution is -2.44. The zero-order chi connectivity index (χ0) is 21.8. The second-order valence-corrected chi connectivity index (χ2v) is 8.12. The van der Waals surface area contributed by atoms with E-state index in [2.05, 4.69) is 10.4 Å². The Morgan fingerprint density at radius 2 is 1.71 bits per heavy atom. The SMILES string of the molecule is Cc1nn(-c2ccccc2)c(C)c1NC(=O)[C@@H]1CCCN(C(=O)Cc2ccccc2)C1. The number of piperidine rings is 1. The van der Waals surface area contributed by atoms with Gasteiger partial charge in [0.2, 0.25) is 11.8 Å². The molecular formula is C25H28N4O2. The fraction of sp³-hybridized carbons (Fsp3) is 0.320. The first-order valence-electron chi connectivity index (χ1n) is 10.8. The van der Waals surface area contributed by atoms with Gasteiger partial charge in [-0.1, -0.05) is 48.5 Å². The molecule has 2 amide bonds. The van der Waals surface area contributed by atoms with Crippen LogP contribution in [0.25, 0.3) is 5.69 Å². The Kier molecular flexibility index (Phi) is 6.16. The number of anilines is 1. The largest absolute Gasteiger partial charge is 0.342 e. The maximum atomic E-state index is 13.1. The molecule has 2 heterocycles. The van der Waals surface area contributed by atoms with Crippen LogP contribution in [0.4, 0.5) is 5.69 Å². The maximum Gasteiger partial charge on any atom is 0.229 e. The summed E-state index contributed by atoms with van der Waals surface area (Å²) in [5.74, 6) is -0.184. The number of rotatable bonds is 5. The lowest BCUT2D eigenvalue weighted by Gasteiger charge is -2.32. The van der Waals surface area contributed by atoms with Gasteiger partial charge in [-0.2, -0.15) is 5.10 Å². The number of nitrogens with one attached hydrogen (secondary N) is 1. The van der Waals surface area contributed by atoms with Crippen molar-refractivity contribution in [3.63, 3.8) is 0 Å². The zero-order valence-corrected chi connectivity index (χ0v) is 18.0. The van der Waals surface area contributed by atoms with Gasteiger partial charge < -0.3 is 10.2 Å². The average Bonchev–Trinajstić information content (AvgIpc) is 3.08. The fourth-order valence-electron chi connectivity index (χ4n) is 4.17. The number of aromatic nitrogens is 2. The van der Waals surface area contributed by atoms with E-state index in [0.717, 1.165) is 41.2 Å². The van der Waals surface area contributed by atoms with E-state index in [1.54, 1.807) is 0 Å². The number of carbonyl (C=O) groups is 2. The molecule has 160 valence electrons. The smallest absolute Gasteiger partial charge is 0.229 e. The Hall–Kier alpha value is -3.41. The summed E-state index contributed by atoms with van der Waals surface area (Å²) in [6, 6.07) is 19.6. The topological polar surface area (TPSA) is 67.2 Å². The Bertz CT molecular complexity index is 1060. The van der Waals surface area contributed by atoms with Gasteiger partial charge in [0.25, 0.3) is 0 Å². The van der Waals surface area contributed by atoms with Gasteiger partial charge in [0, 0.05) is 13.1 Å².